The highest BCUT2D eigenvalue weighted by Crippen LogP contribution is 2.26. The Hall–Kier alpha value is -1.18. The first-order valence-electron chi connectivity index (χ1n) is 5.75. The van der Waals surface area contributed by atoms with Gasteiger partial charge in [-0.05, 0) is 24.3 Å². The number of alkyl halides is 2. The van der Waals surface area contributed by atoms with Crippen LogP contribution < -0.4 is 11.1 Å². The fourth-order valence-corrected chi connectivity index (χ4v) is 2.29. The summed E-state index contributed by atoms with van der Waals surface area (Å²) >= 11 is 0.466. The molecule has 0 spiro atoms. The molecule has 1 fully saturated rings. The Bertz CT molecular complexity index is 442. The first kappa shape index (κ1) is 14.2. The van der Waals surface area contributed by atoms with E-state index in [2.05, 4.69) is 5.32 Å². The van der Waals surface area contributed by atoms with E-state index in [-0.39, 0.29) is 17.9 Å². The molecule has 1 aromatic carbocycles. The topological polar surface area (TPSA) is 64.3 Å². The number of nitrogens with one attached hydrogen (secondary N) is 1. The minimum atomic E-state index is -2.45. The molecule has 1 heterocycles. The van der Waals surface area contributed by atoms with Crippen molar-refractivity contribution in [2.45, 2.75) is 16.7 Å². The van der Waals surface area contributed by atoms with Gasteiger partial charge in [0, 0.05) is 16.6 Å². The summed E-state index contributed by atoms with van der Waals surface area (Å²) < 4.78 is 29.4. The number of nitrogens with two attached hydrogens (primary N) is 1. The Balaban J connectivity index is 1.93. The molecule has 7 heteroatoms. The number of anilines is 1. The van der Waals surface area contributed by atoms with Gasteiger partial charge < -0.3 is 15.8 Å². The monoisotopic (exact) mass is 288 g/mol. The van der Waals surface area contributed by atoms with E-state index in [4.69, 9.17) is 10.5 Å². The van der Waals surface area contributed by atoms with Crippen molar-refractivity contribution in [1.29, 1.82) is 0 Å². The molecule has 0 aliphatic carbocycles. The number of amides is 1. The van der Waals surface area contributed by atoms with Crippen LogP contribution in [-0.4, -0.2) is 30.9 Å². The maximum absolute atomic E-state index is 12.1. The third-order valence-corrected chi connectivity index (χ3v) is 3.53. The van der Waals surface area contributed by atoms with Crippen LogP contribution in [0.5, 0.6) is 0 Å². The molecule has 0 bridgehead atoms. The summed E-state index contributed by atoms with van der Waals surface area (Å²) in [6, 6.07) is 5.96. The van der Waals surface area contributed by atoms with Crippen molar-refractivity contribution in [2.75, 3.05) is 18.5 Å². The molecule has 1 aliphatic heterocycles. The van der Waals surface area contributed by atoms with Crippen molar-refractivity contribution in [3.05, 3.63) is 24.3 Å². The van der Waals surface area contributed by atoms with Crippen LogP contribution in [0.15, 0.2) is 29.2 Å². The molecule has 1 aliphatic rings. The summed E-state index contributed by atoms with van der Waals surface area (Å²) in [5.41, 5.74) is 6.30. The number of ether oxygens (including phenoxy) is 1. The van der Waals surface area contributed by atoms with E-state index in [0.717, 1.165) is 0 Å². The molecule has 3 N–H and O–H groups in total. The van der Waals surface area contributed by atoms with Crippen LogP contribution in [0.1, 0.15) is 0 Å². The van der Waals surface area contributed by atoms with E-state index < -0.39 is 5.76 Å². The fraction of sp³-hybridized carbons (Fsp3) is 0.417. The Morgan fingerprint density at radius 3 is 2.58 bits per heavy atom. The van der Waals surface area contributed by atoms with E-state index in [1.807, 2.05) is 0 Å². The smallest absolute Gasteiger partial charge is 0.288 e. The summed E-state index contributed by atoms with van der Waals surface area (Å²) in [5, 5.41) is 2.70. The van der Waals surface area contributed by atoms with Gasteiger partial charge in [0.1, 0.15) is 0 Å². The van der Waals surface area contributed by atoms with Crippen molar-refractivity contribution in [1.82, 2.24) is 0 Å². The third-order valence-electron chi connectivity index (χ3n) is 2.81. The SMILES string of the molecule is NC1COCC1C(=O)Nc1ccc(SC(F)F)cc1. The molecule has 0 aromatic heterocycles. The van der Waals surface area contributed by atoms with Crippen LogP contribution in [0.3, 0.4) is 0 Å². The molecule has 19 heavy (non-hydrogen) atoms. The number of hydrogen-bond donors (Lipinski definition) is 2. The first-order chi connectivity index (χ1) is 9.06. The summed E-state index contributed by atoms with van der Waals surface area (Å²) in [4.78, 5) is 12.3. The lowest BCUT2D eigenvalue weighted by Gasteiger charge is -2.13. The molecule has 0 radical (unpaired) electrons. The average molecular weight is 288 g/mol. The molecule has 1 saturated heterocycles. The van der Waals surface area contributed by atoms with Gasteiger partial charge in [0.25, 0.3) is 5.76 Å². The lowest BCUT2D eigenvalue weighted by molar-refractivity contribution is -0.120. The molecule has 2 unspecified atom stereocenters. The highest BCUT2D eigenvalue weighted by molar-refractivity contribution is 7.99. The molecular formula is C12H14F2N2O2S. The molecule has 2 atom stereocenters. The maximum atomic E-state index is 12.1. The zero-order chi connectivity index (χ0) is 13.8. The second kappa shape index (κ2) is 6.31. The van der Waals surface area contributed by atoms with Crippen LogP contribution >= 0.6 is 11.8 Å². The van der Waals surface area contributed by atoms with Crippen LogP contribution in [0.2, 0.25) is 0 Å². The van der Waals surface area contributed by atoms with E-state index in [1.165, 1.54) is 12.1 Å². The van der Waals surface area contributed by atoms with Gasteiger partial charge in [0.2, 0.25) is 5.91 Å². The molecule has 2 rings (SSSR count). The predicted molar refractivity (Wildman–Crippen MR) is 69.2 cm³/mol. The van der Waals surface area contributed by atoms with Crippen molar-refractivity contribution in [3.63, 3.8) is 0 Å². The van der Waals surface area contributed by atoms with Crippen molar-refractivity contribution in [2.24, 2.45) is 11.7 Å². The van der Waals surface area contributed by atoms with Gasteiger partial charge in [-0.15, -0.1) is 0 Å². The summed E-state index contributed by atoms with van der Waals surface area (Å²) in [6.45, 7) is 0.689. The number of thioether (sulfide) groups is 1. The maximum Gasteiger partial charge on any atom is 0.288 e. The van der Waals surface area contributed by atoms with Crippen molar-refractivity contribution >= 4 is 23.4 Å². The van der Waals surface area contributed by atoms with Gasteiger partial charge >= 0.3 is 0 Å². The number of carbonyl (C=O) groups excluding carboxylic acids is 1. The zero-order valence-electron chi connectivity index (χ0n) is 10.0. The fourth-order valence-electron chi connectivity index (χ4n) is 1.80. The highest BCUT2D eigenvalue weighted by Gasteiger charge is 2.31. The minimum Gasteiger partial charge on any atom is -0.379 e. The van der Waals surface area contributed by atoms with Crippen molar-refractivity contribution < 1.29 is 18.3 Å². The molecule has 4 nitrogen and oxygen atoms in total. The zero-order valence-corrected chi connectivity index (χ0v) is 10.8. The van der Waals surface area contributed by atoms with Gasteiger partial charge in [0.05, 0.1) is 19.1 Å². The lowest BCUT2D eigenvalue weighted by atomic mass is 10.0. The second-order valence-corrected chi connectivity index (χ2v) is 5.26. The Kier molecular flexibility index (Phi) is 4.73. The van der Waals surface area contributed by atoms with Gasteiger partial charge in [0.15, 0.2) is 0 Å². The summed E-state index contributed by atoms with van der Waals surface area (Å²) in [6.07, 6.45) is 0. The van der Waals surface area contributed by atoms with Gasteiger partial charge in [-0.1, -0.05) is 11.8 Å². The number of carbonyl (C=O) groups is 1. The predicted octanol–water partition coefficient (Wildman–Crippen LogP) is 1.91. The number of hydrogen-bond acceptors (Lipinski definition) is 4. The number of benzene rings is 1. The minimum absolute atomic E-state index is 0.209. The Morgan fingerprint density at radius 2 is 2.05 bits per heavy atom. The third kappa shape index (κ3) is 3.89. The van der Waals surface area contributed by atoms with Crippen LogP contribution in [0.25, 0.3) is 0 Å². The molecule has 1 amide bonds. The largest absolute Gasteiger partial charge is 0.379 e. The first-order valence-corrected chi connectivity index (χ1v) is 6.63. The van der Waals surface area contributed by atoms with Gasteiger partial charge in [-0.2, -0.15) is 8.78 Å². The molecule has 1 aromatic rings. The average Bonchev–Trinajstić information content (AvgIpc) is 2.77. The van der Waals surface area contributed by atoms with E-state index in [9.17, 15) is 13.6 Å². The lowest BCUT2D eigenvalue weighted by Crippen LogP contribution is -2.37. The molecular weight excluding hydrogens is 274 g/mol. The van der Waals surface area contributed by atoms with Crippen LogP contribution in [-0.2, 0) is 9.53 Å². The second-order valence-electron chi connectivity index (χ2n) is 4.20. The number of rotatable bonds is 4. The van der Waals surface area contributed by atoms with Crippen LogP contribution in [0, 0.1) is 5.92 Å². The molecule has 0 saturated carbocycles. The number of halogens is 2. The summed E-state index contributed by atoms with van der Waals surface area (Å²) in [5.74, 6) is -3.02. The van der Waals surface area contributed by atoms with E-state index in [0.29, 0.717) is 35.6 Å². The Labute approximate surface area is 113 Å². The van der Waals surface area contributed by atoms with Gasteiger partial charge in [-0.3, -0.25) is 4.79 Å². The normalized spacial score (nSPS) is 22.7. The standard InChI is InChI=1S/C12H14F2N2O2S/c13-12(14)19-8-3-1-7(2-4-8)16-11(17)9-5-18-6-10(9)15/h1-4,9-10,12H,5-6,15H2,(H,16,17). The van der Waals surface area contributed by atoms with E-state index >= 15 is 0 Å². The van der Waals surface area contributed by atoms with Crippen molar-refractivity contribution in [3.8, 4) is 0 Å². The van der Waals surface area contributed by atoms with E-state index in [1.54, 1.807) is 12.1 Å². The van der Waals surface area contributed by atoms with Crippen LogP contribution in [0.4, 0.5) is 14.5 Å². The quantitative estimate of drug-likeness (QED) is 0.831. The highest BCUT2D eigenvalue weighted by atomic mass is 32.2. The van der Waals surface area contributed by atoms with Gasteiger partial charge in [-0.25, -0.2) is 0 Å². The summed E-state index contributed by atoms with van der Waals surface area (Å²) in [7, 11) is 0. The Morgan fingerprint density at radius 1 is 1.37 bits per heavy atom. The molecule has 104 valence electrons.